The first kappa shape index (κ1) is 15.4. The van der Waals surface area contributed by atoms with Gasteiger partial charge in [-0.2, -0.15) is 0 Å². The lowest BCUT2D eigenvalue weighted by atomic mass is 10.3. The largest absolute Gasteiger partial charge is 0.267 e. The van der Waals surface area contributed by atoms with E-state index in [-0.39, 0.29) is 12.2 Å². The summed E-state index contributed by atoms with van der Waals surface area (Å²) >= 11 is 0. The molecule has 0 spiro atoms. The molecule has 0 amide bonds. The Hall–Kier alpha value is -2.02. The molecule has 0 aliphatic heterocycles. The molecule has 2 aromatic carbocycles. The molecular formula is C14H12F3NO2S. The molecule has 0 fully saturated rings. The van der Waals surface area contributed by atoms with Gasteiger partial charge in [-0.15, -0.1) is 0 Å². The van der Waals surface area contributed by atoms with E-state index in [2.05, 4.69) is 0 Å². The second kappa shape index (κ2) is 5.77. The summed E-state index contributed by atoms with van der Waals surface area (Å²) in [7, 11) is -4.27. The lowest BCUT2D eigenvalue weighted by Gasteiger charge is -2.23. The second-order valence-electron chi connectivity index (χ2n) is 4.22. The minimum absolute atomic E-state index is 0.0100. The number of anilines is 1. The summed E-state index contributed by atoms with van der Waals surface area (Å²) in [6.45, 7) is 1.53. The van der Waals surface area contributed by atoms with Crippen LogP contribution in [0.2, 0.25) is 0 Å². The molecule has 2 rings (SSSR count). The number of rotatable bonds is 4. The molecule has 2 aromatic rings. The van der Waals surface area contributed by atoms with Crippen molar-refractivity contribution in [3.8, 4) is 0 Å². The van der Waals surface area contributed by atoms with Crippen LogP contribution < -0.4 is 4.31 Å². The normalized spacial score (nSPS) is 11.4. The third-order valence-corrected chi connectivity index (χ3v) is 4.78. The van der Waals surface area contributed by atoms with Crippen LogP contribution in [0, 0.1) is 17.5 Å². The van der Waals surface area contributed by atoms with Crippen molar-refractivity contribution in [3.63, 3.8) is 0 Å². The van der Waals surface area contributed by atoms with E-state index < -0.39 is 32.4 Å². The van der Waals surface area contributed by atoms with Crippen LogP contribution in [0.3, 0.4) is 0 Å². The van der Waals surface area contributed by atoms with Crippen LogP contribution in [0.5, 0.6) is 0 Å². The highest BCUT2D eigenvalue weighted by atomic mass is 32.2. The number of nitrogens with zero attached hydrogens (tertiary/aromatic N) is 1. The van der Waals surface area contributed by atoms with Crippen molar-refractivity contribution in [3.05, 3.63) is 59.9 Å². The summed E-state index contributed by atoms with van der Waals surface area (Å²) in [5, 5.41) is 0. The Morgan fingerprint density at radius 1 is 0.952 bits per heavy atom. The van der Waals surface area contributed by atoms with Crippen LogP contribution in [0.15, 0.2) is 47.4 Å². The van der Waals surface area contributed by atoms with Crippen LogP contribution in [-0.4, -0.2) is 15.0 Å². The molecule has 0 atom stereocenters. The zero-order chi connectivity index (χ0) is 15.6. The molecule has 0 bridgehead atoms. The zero-order valence-corrected chi connectivity index (χ0v) is 11.9. The molecule has 0 aromatic heterocycles. The average molecular weight is 315 g/mol. The monoisotopic (exact) mass is 315 g/mol. The van der Waals surface area contributed by atoms with Gasteiger partial charge >= 0.3 is 0 Å². The number of hydrogen-bond donors (Lipinski definition) is 0. The Labute approximate surface area is 120 Å². The lowest BCUT2D eigenvalue weighted by Crippen LogP contribution is -2.31. The van der Waals surface area contributed by atoms with E-state index in [1.54, 1.807) is 0 Å². The summed E-state index contributed by atoms with van der Waals surface area (Å²) in [5.41, 5.74) is 0.169. The van der Waals surface area contributed by atoms with Gasteiger partial charge in [0, 0.05) is 6.54 Å². The SMILES string of the molecule is CCN(c1ccc(F)cc1)S(=O)(=O)c1cc(F)ccc1F. The van der Waals surface area contributed by atoms with Gasteiger partial charge in [-0.25, -0.2) is 21.6 Å². The molecule has 0 N–H and O–H groups in total. The van der Waals surface area contributed by atoms with Gasteiger partial charge in [-0.3, -0.25) is 4.31 Å². The van der Waals surface area contributed by atoms with Crippen LogP contribution in [0.25, 0.3) is 0 Å². The van der Waals surface area contributed by atoms with Gasteiger partial charge in [0.2, 0.25) is 0 Å². The van der Waals surface area contributed by atoms with Crippen LogP contribution in [0.1, 0.15) is 6.92 Å². The molecule has 0 radical (unpaired) electrons. The highest BCUT2D eigenvalue weighted by Gasteiger charge is 2.27. The van der Waals surface area contributed by atoms with Crippen LogP contribution >= 0.6 is 0 Å². The van der Waals surface area contributed by atoms with Crippen molar-refractivity contribution in [1.29, 1.82) is 0 Å². The Balaban J connectivity index is 2.54. The quantitative estimate of drug-likeness (QED) is 0.868. The molecule has 0 unspecified atom stereocenters. The van der Waals surface area contributed by atoms with Gasteiger partial charge in [0.25, 0.3) is 10.0 Å². The summed E-state index contributed by atoms with van der Waals surface area (Å²) in [4.78, 5) is -0.756. The third kappa shape index (κ3) is 3.02. The Bertz CT molecular complexity index is 745. The molecular weight excluding hydrogens is 303 g/mol. The van der Waals surface area contributed by atoms with Crippen LogP contribution in [-0.2, 0) is 10.0 Å². The smallest absolute Gasteiger partial charge is 0.267 e. The van der Waals surface area contributed by atoms with E-state index in [1.807, 2.05) is 0 Å². The maximum absolute atomic E-state index is 13.7. The van der Waals surface area contributed by atoms with E-state index in [0.717, 1.165) is 28.6 Å². The van der Waals surface area contributed by atoms with Crippen molar-refractivity contribution in [2.75, 3.05) is 10.8 Å². The summed E-state index contributed by atoms with van der Waals surface area (Å²) in [5.74, 6) is -2.42. The Morgan fingerprint density at radius 2 is 1.52 bits per heavy atom. The minimum Gasteiger partial charge on any atom is -0.267 e. The molecule has 3 nitrogen and oxygen atoms in total. The fraction of sp³-hybridized carbons (Fsp3) is 0.143. The first-order valence-corrected chi connectivity index (χ1v) is 7.53. The molecule has 0 heterocycles. The van der Waals surface area contributed by atoms with E-state index in [4.69, 9.17) is 0 Å². The molecule has 0 aliphatic carbocycles. The molecule has 0 saturated carbocycles. The minimum atomic E-state index is -4.27. The second-order valence-corrected chi connectivity index (χ2v) is 6.05. The van der Waals surface area contributed by atoms with E-state index >= 15 is 0 Å². The number of hydrogen-bond acceptors (Lipinski definition) is 2. The molecule has 7 heteroatoms. The molecule has 21 heavy (non-hydrogen) atoms. The van der Waals surface area contributed by atoms with Crippen molar-refractivity contribution < 1.29 is 21.6 Å². The molecule has 112 valence electrons. The standard InChI is InChI=1S/C14H12F3NO2S/c1-2-18(12-6-3-10(15)4-7-12)21(19,20)14-9-11(16)5-8-13(14)17/h3-9H,2H2,1H3. The molecule has 0 aliphatic rings. The maximum atomic E-state index is 13.7. The number of halogens is 3. The van der Waals surface area contributed by atoms with Gasteiger partial charge < -0.3 is 0 Å². The lowest BCUT2D eigenvalue weighted by molar-refractivity contribution is 0.551. The summed E-state index contributed by atoms with van der Waals surface area (Å²) < 4.78 is 65.6. The predicted octanol–water partition coefficient (Wildman–Crippen LogP) is 3.32. The van der Waals surface area contributed by atoms with Crippen molar-refractivity contribution in [2.45, 2.75) is 11.8 Å². The van der Waals surface area contributed by atoms with E-state index in [9.17, 15) is 21.6 Å². The fourth-order valence-corrected chi connectivity index (χ4v) is 3.44. The van der Waals surface area contributed by atoms with Crippen LogP contribution in [0.4, 0.5) is 18.9 Å². The third-order valence-electron chi connectivity index (χ3n) is 2.86. The summed E-state index contributed by atoms with van der Waals surface area (Å²) in [6.07, 6.45) is 0. The average Bonchev–Trinajstić information content (AvgIpc) is 2.44. The topological polar surface area (TPSA) is 37.4 Å². The maximum Gasteiger partial charge on any atom is 0.267 e. The van der Waals surface area contributed by atoms with Gasteiger partial charge in [-0.1, -0.05) is 0 Å². The van der Waals surface area contributed by atoms with Crippen molar-refractivity contribution >= 4 is 15.7 Å². The summed E-state index contributed by atoms with van der Waals surface area (Å²) in [6, 6.07) is 6.91. The number of sulfonamides is 1. The van der Waals surface area contributed by atoms with E-state index in [0.29, 0.717) is 6.07 Å². The molecule has 0 saturated heterocycles. The Kier molecular flexibility index (Phi) is 4.22. The van der Waals surface area contributed by atoms with Gasteiger partial charge in [0.05, 0.1) is 5.69 Å². The van der Waals surface area contributed by atoms with Gasteiger partial charge in [-0.05, 0) is 49.4 Å². The van der Waals surface area contributed by atoms with E-state index in [1.165, 1.54) is 19.1 Å². The Morgan fingerprint density at radius 3 is 2.10 bits per heavy atom. The first-order valence-electron chi connectivity index (χ1n) is 6.09. The van der Waals surface area contributed by atoms with Crippen molar-refractivity contribution in [2.24, 2.45) is 0 Å². The fourth-order valence-electron chi connectivity index (χ4n) is 1.89. The van der Waals surface area contributed by atoms with Gasteiger partial charge in [0.15, 0.2) is 0 Å². The first-order chi connectivity index (χ1) is 9.86. The zero-order valence-electron chi connectivity index (χ0n) is 11.1. The van der Waals surface area contributed by atoms with Gasteiger partial charge in [0.1, 0.15) is 22.3 Å². The highest BCUT2D eigenvalue weighted by Crippen LogP contribution is 2.25. The predicted molar refractivity (Wildman–Crippen MR) is 73.0 cm³/mol. The number of benzene rings is 2. The van der Waals surface area contributed by atoms with Crippen molar-refractivity contribution in [1.82, 2.24) is 0 Å². The highest BCUT2D eigenvalue weighted by molar-refractivity contribution is 7.92.